The van der Waals surface area contributed by atoms with E-state index >= 15 is 0 Å². The molecule has 0 unspecified atom stereocenters. The van der Waals surface area contributed by atoms with Crippen LogP contribution in [0.25, 0.3) is 0 Å². The van der Waals surface area contributed by atoms with Crippen molar-refractivity contribution in [3.8, 4) is 0 Å². The Hall–Kier alpha value is -3.13. The minimum atomic E-state index is -0.752. The van der Waals surface area contributed by atoms with Gasteiger partial charge in [-0.15, -0.1) is 0 Å². The maximum absolute atomic E-state index is 12.8. The van der Waals surface area contributed by atoms with Gasteiger partial charge in [-0.25, -0.2) is 14.6 Å². The van der Waals surface area contributed by atoms with Crippen LogP contribution in [0.5, 0.6) is 0 Å². The summed E-state index contributed by atoms with van der Waals surface area (Å²) < 4.78 is 0. The maximum Gasteiger partial charge on any atom is 0.335 e. The topological polar surface area (TPSA) is 109 Å². The Morgan fingerprint density at radius 1 is 1.00 bits per heavy atom. The zero-order valence-corrected chi connectivity index (χ0v) is 22.0. The van der Waals surface area contributed by atoms with Crippen molar-refractivity contribution in [1.82, 2.24) is 10.5 Å². The van der Waals surface area contributed by atoms with Crippen molar-refractivity contribution in [2.75, 3.05) is 10.6 Å². The van der Waals surface area contributed by atoms with E-state index in [1.54, 1.807) is 0 Å². The largest absolute Gasteiger partial charge is 0.340 e. The van der Waals surface area contributed by atoms with Gasteiger partial charge in [-0.2, -0.15) is 5.48 Å². The van der Waals surface area contributed by atoms with Crippen LogP contribution in [0.1, 0.15) is 85.5 Å². The number of nitrogens with zero attached hydrogens (tertiary/aromatic N) is 1. The molecule has 1 fully saturated rings. The summed E-state index contributed by atoms with van der Waals surface area (Å²) in [5, 5.41) is 5.73. The fourth-order valence-electron chi connectivity index (χ4n) is 4.59. The maximum atomic E-state index is 12.8. The van der Waals surface area contributed by atoms with Crippen molar-refractivity contribution < 1.29 is 19.2 Å². The van der Waals surface area contributed by atoms with Gasteiger partial charge in [-0.1, -0.05) is 69.2 Å². The second kappa shape index (κ2) is 13.3. The number of pyridine rings is 1. The molecule has 0 saturated heterocycles. The molecule has 194 valence electrons. The van der Waals surface area contributed by atoms with Gasteiger partial charge in [0.25, 0.3) is 0 Å². The Morgan fingerprint density at radius 3 is 2.28 bits per heavy atom. The summed E-state index contributed by atoms with van der Waals surface area (Å²) in [5.41, 5.74) is 5.95. The molecule has 3 N–H and O–H groups in total. The van der Waals surface area contributed by atoms with Gasteiger partial charge >= 0.3 is 17.9 Å². The molecule has 8 nitrogen and oxygen atoms in total. The summed E-state index contributed by atoms with van der Waals surface area (Å²) in [6, 6.07) is 4.98. The fourth-order valence-corrected chi connectivity index (χ4v) is 4.74. The minimum Gasteiger partial charge on any atom is -0.340 e. The third-order valence-corrected chi connectivity index (χ3v) is 6.58. The van der Waals surface area contributed by atoms with Crippen LogP contribution in [0.15, 0.2) is 24.4 Å². The van der Waals surface area contributed by atoms with Gasteiger partial charge in [0, 0.05) is 11.9 Å². The van der Waals surface area contributed by atoms with E-state index in [1.165, 1.54) is 24.2 Å². The molecule has 36 heavy (non-hydrogen) atoms. The van der Waals surface area contributed by atoms with Crippen LogP contribution in [-0.4, -0.2) is 22.9 Å². The Kier molecular flexibility index (Phi) is 10.1. The van der Waals surface area contributed by atoms with Gasteiger partial charge in [-0.3, -0.25) is 4.79 Å². The lowest BCUT2D eigenvalue weighted by atomic mass is 9.91. The van der Waals surface area contributed by atoms with Crippen LogP contribution in [0.3, 0.4) is 0 Å². The molecule has 9 heteroatoms. The molecule has 0 aliphatic heterocycles. The first kappa shape index (κ1) is 27.5. The number of aryl methyl sites for hydroxylation is 3. The van der Waals surface area contributed by atoms with E-state index in [2.05, 4.69) is 40.2 Å². The van der Waals surface area contributed by atoms with E-state index in [4.69, 9.17) is 16.4 Å². The number of rotatable bonds is 6. The van der Waals surface area contributed by atoms with Gasteiger partial charge in [0.2, 0.25) is 0 Å². The summed E-state index contributed by atoms with van der Waals surface area (Å²) >= 11 is 6.07. The Bertz CT molecular complexity index is 1070. The third-order valence-electron chi connectivity index (χ3n) is 6.37. The number of nitrogens with one attached hydrogen (secondary N) is 3. The lowest BCUT2D eigenvalue weighted by Gasteiger charge is -2.18. The van der Waals surface area contributed by atoms with Gasteiger partial charge in [0.05, 0.1) is 16.6 Å². The van der Waals surface area contributed by atoms with E-state index < -0.39 is 17.9 Å². The number of hydrogen-bond donors (Lipinski definition) is 3. The van der Waals surface area contributed by atoms with Crippen molar-refractivity contribution in [2.24, 2.45) is 5.92 Å². The van der Waals surface area contributed by atoms with Gasteiger partial charge < -0.3 is 15.5 Å². The molecule has 1 saturated carbocycles. The second-order valence-corrected chi connectivity index (χ2v) is 9.81. The molecule has 1 aromatic heterocycles. The number of urea groups is 1. The molecule has 2 aromatic rings. The van der Waals surface area contributed by atoms with Crippen LogP contribution in [-0.2, 0) is 16.1 Å². The van der Waals surface area contributed by atoms with Crippen LogP contribution >= 0.6 is 11.6 Å². The number of aromatic nitrogens is 1. The number of amides is 3. The third kappa shape index (κ3) is 7.68. The second-order valence-electron chi connectivity index (χ2n) is 9.38. The molecular weight excluding hydrogens is 480 g/mol. The van der Waals surface area contributed by atoms with Gasteiger partial charge in [0.1, 0.15) is 0 Å². The first-order valence-corrected chi connectivity index (χ1v) is 13.0. The number of hydroxylamine groups is 1. The zero-order valence-electron chi connectivity index (χ0n) is 21.2. The Balaban J connectivity index is 1.66. The van der Waals surface area contributed by atoms with E-state index in [-0.39, 0.29) is 22.3 Å². The summed E-state index contributed by atoms with van der Waals surface area (Å²) in [7, 11) is 0. The number of carbonyl (C=O) groups is 3. The number of halogens is 1. The SMILES string of the molecule is CCCc1cc(C)c(NC(=O)Nc2cc(Cl)cnc2C(=O)NOC(=O)C2CCCCCCC2)c(C)c1. The standard InChI is InChI=1S/C27H35ClN4O4/c1-4-10-19-13-17(2)23(18(3)14-19)31-27(35)30-22-15-21(28)16-29-24(22)25(33)32-36-26(34)20-11-8-6-5-7-9-12-20/h13-16,20H,4-12H2,1-3H3,(H,32,33)(H2,30,31,35). The van der Waals surface area contributed by atoms with Crippen molar-refractivity contribution in [1.29, 1.82) is 0 Å². The number of carbonyl (C=O) groups excluding carboxylic acids is 3. The Labute approximate surface area is 217 Å². The predicted molar refractivity (Wildman–Crippen MR) is 141 cm³/mol. The molecule has 1 aliphatic carbocycles. The highest BCUT2D eigenvalue weighted by molar-refractivity contribution is 6.31. The summed E-state index contributed by atoms with van der Waals surface area (Å²) in [4.78, 5) is 47.2. The quantitative estimate of drug-likeness (QED) is 0.381. The molecule has 1 aliphatic rings. The van der Waals surface area contributed by atoms with E-state index in [0.29, 0.717) is 5.69 Å². The average Bonchev–Trinajstić information content (AvgIpc) is 2.80. The van der Waals surface area contributed by atoms with Crippen LogP contribution in [0, 0.1) is 19.8 Å². The van der Waals surface area contributed by atoms with Crippen LogP contribution in [0.2, 0.25) is 5.02 Å². The van der Waals surface area contributed by atoms with Gasteiger partial charge in [0.15, 0.2) is 5.69 Å². The number of benzene rings is 1. The fraction of sp³-hybridized carbons (Fsp3) is 0.481. The molecule has 1 aromatic carbocycles. The summed E-state index contributed by atoms with van der Waals surface area (Å²) in [5.74, 6) is -1.44. The molecule has 1 heterocycles. The molecule has 0 spiro atoms. The van der Waals surface area contributed by atoms with Gasteiger partial charge in [-0.05, 0) is 55.9 Å². The average molecular weight is 515 g/mol. The zero-order chi connectivity index (χ0) is 26.1. The van der Waals surface area contributed by atoms with Crippen LogP contribution in [0.4, 0.5) is 16.2 Å². The normalized spacial score (nSPS) is 14.3. The van der Waals surface area contributed by atoms with E-state index in [9.17, 15) is 14.4 Å². The molecule has 0 atom stereocenters. The monoisotopic (exact) mass is 514 g/mol. The van der Waals surface area contributed by atoms with Crippen molar-refractivity contribution in [3.63, 3.8) is 0 Å². The van der Waals surface area contributed by atoms with Crippen LogP contribution < -0.4 is 16.1 Å². The lowest BCUT2D eigenvalue weighted by molar-refractivity contribution is -0.154. The minimum absolute atomic E-state index is 0.0948. The molecular formula is C27H35ClN4O4. The van der Waals surface area contributed by atoms with Crippen molar-refractivity contribution >= 4 is 40.9 Å². The molecule has 0 radical (unpaired) electrons. The number of anilines is 2. The highest BCUT2D eigenvalue weighted by Crippen LogP contribution is 2.25. The summed E-state index contributed by atoms with van der Waals surface area (Å²) in [6.07, 6.45) is 10.1. The van der Waals surface area contributed by atoms with E-state index in [1.807, 2.05) is 13.8 Å². The first-order chi connectivity index (χ1) is 17.3. The molecule has 3 rings (SSSR count). The lowest BCUT2D eigenvalue weighted by Crippen LogP contribution is -2.32. The highest BCUT2D eigenvalue weighted by atomic mass is 35.5. The molecule has 0 bridgehead atoms. The highest BCUT2D eigenvalue weighted by Gasteiger charge is 2.23. The summed E-state index contributed by atoms with van der Waals surface area (Å²) in [6.45, 7) is 5.99. The van der Waals surface area contributed by atoms with Crippen molar-refractivity contribution in [2.45, 2.75) is 78.6 Å². The first-order valence-electron chi connectivity index (χ1n) is 12.6. The van der Waals surface area contributed by atoms with Crippen molar-refractivity contribution in [3.05, 3.63) is 51.8 Å². The van der Waals surface area contributed by atoms with E-state index in [0.717, 1.165) is 62.5 Å². The number of hydrogen-bond acceptors (Lipinski definition) is 5. The molecule has 3 amide bonds. The smallest absolute Gasteiger partial charge is 0.335 e. The predicted octanol–water partition coefficient (Wildman–Crippen LogP) is 6.50. The Morgan fingerprint density at radius 2 is 1.64 bits per heavy atom.